The van der Waals surface area contributed by atoms with Gasteiger partial charge >= 0.3 is 0 Å². The van der Waals surface area contributed by atoms with E-state index in [1.165, 1.54) is 11.3 Å². The van der Waals surface area contributed by atoms with Gasteiger partial charge in [-0.3, -0.25) is 9.48 Å². The maximum atomic E-state index is 11.8. The molecule has 2 aliphatic rings. The number of aromatic nitrogens is 2. The molecule has 0 saturated heterocycles. The first-order valence-corrected chi connectivity index (χ1v) is 8.74. The molecule has 0 spiro atoms. The lowest BCUT2D eigenvalue weighted by Gasteiger charge is -2.28. The Morgan fingerprint density at radius 2 is 2.08 bits per heavy atom. The van der Waals surface area contributed by atoms with Gasteiger partial charge in [0.2, 0.25) is 5.91 Å². The maximum Gasteiger partial charge on any atom is 0.219 e. The molecule has 1 amide bonds. The minimum Gasteiger partial charge on any atom is -0.382 e. The number of rotatable bonds is 2. The smallest absolute Gasteiger partial charge is 0.219 e. The SMILES string of the molecule is CC(=O)N1CCc2c(c(N3CCc4ccc(/C(N)=N/N)cc43)nn2C)C1. The zero-order valence-corrected chi connectivity index (χ0v) is 15.1. The third-order valence-electron chi connectivity index (χ3n) is 5.34. The average Bonchev–Trinajstić information content (AvgIpc) is 3.21. The molecule has 26 heavy (non-hydrogen) atoms. The van der Waals surface area contributed by atoms with E-state index in [1.54, 1.807) is 6.92 Å². The third-order valence-corrected chi connectivity index (χ3v) is 5.34. The summed E-state index contributed by atoms with van der Waals surface area (Å²) in [7, 11) is 1.97. The molecule has 0 radical (unpaired) electrons. The first-order valence-electron chi connectivity index (χ1n) is 8.74. The van der Waals surface area contributed by atoms with Gasteiger partial charge in [0, 0.05) is 56.0 Å². The van der Waals surface area contributed by atoms with E-state index in [-0.39, 0.29) is 5.91 Å². The van der Waals surface area contributed by atoms with Crippen molar-refractivity contribution in [3.8, 4) is 0 Å². The van der Waals surface area contributed by atoms with Gasteiger partial charge in [0.1, 0.15) is 5.84 Å². The van der Waals surface area contributed by atoms with E-state index in [0.29, 0.717) is 12.4 Å². The fraction of sp³-hybridized carbons (Fsp3) is 0.389. The van der Waals surface area contributed by atoms with Crippen molar-refractivity contribution in [3.05, 3.63) is 40.6 Å². The quantitative estimate of drug-likeness (QED) is 0.356. The van der Waals surface area contributed by atoms with Crippen LogP contribution in [0.4, 0.5) is 11.5 Å². The average molecular weight is 353 g/mol. The Hall–Kier alpha value is -3.03. The highest BCUT2D eigenvalue weighted by molar-refractivity contribution is 5.98. The van der Waals surface area contributed by atoms with Crippen molar-refractivity contribution in [2.45, 2.75) is 26.3 Å². The van der Waals surface area contributed by atoms with Crippen molar-refractivity contribution >= 4 is 23.2 Å². The highest BCUT2D eigenvalue weighted by atomic mass is 16.2. The molecule has 0 bridgehead atoms. The highest BCUT2D eigenvalue weighted by Gasteiger charge is 2.31. The highest BCUT2D eigenvalue weighted by Crippen LogP contribution is 2.38. The largest absolute Gasteiger partial charge is 0.382 e. The van der Waals surface area contributed by atoms with Gasteiger partial charge in [-0.1, -0.05) is 12.1 Å². The number of hydrazone groups is 1. The Labute approximate surface area is 152 Å². The Kier molecular flexibility index (Phi) is 3.82. The van der Waals surface area contributed by atoms with E-state index in [1.807, 2.05) is 28.8 Å². The molecule has 8 nitrogen and oxygen atoms in total. The van der Waals surface area contributed by atoms with E-state index >= 15 is 0 Å². The normalized spacial score (nSPS) is 16.6. The number of aryl methyl sites for hydroxylation is 1. The van der Waals surface area contributed by atoms with Crippen LogP contribution >= 0.6 is 0 Å². The van der Waals surface area contributed by atoms with Crippen LogP contribution < -0.4 is 16.5 Å². The summed E-state index contributed by atoms with van der Waals surface area (Å²) in [5.74, 6) is 6.66. The van der Waals surface area contributed by atoms with Crippen molar-refractivity contribution in [2.75, 3.05) is 18.0 Å². The molecule has 1 aromatic heterocycles. The molecule has 4 rings (SSSR count). The van der Waals surface area contributed by atoms with Crippen LogP contribution in [0.5, 0.6) is 0 Å². The Balaban J connectivity index is 1.77. The van der Waals surface area contributed by atoms with Crippen LogP contribution in [0.1, 0.15) is 29.3 Å². The van der Waals surface area contributed by atoms with Crippen molar-refractivity contribution in [2.24, 2.45) is 23.7 Å². The molecular formula is C18H23N7O. The number of anilines is 2. The van der Waals surface area contributed by atoms with Crippen LogP contribution in [-0.4, -0.2) is 39.5 Å². The summed E-state index contributed by atoms with van der Waals surface area (Å²) in [6.07, 6.45) is 1.77. The second-order valence-corrected chi connectivity index (χ2v) is 6.82. The predicted molar refractivity (Wildman–Crippen MR) is 100 cm³/mol. The van der Waals surface area contributed by atoms with E-state index in [2.05, 4.69) is 16.1 Å². The third kappa shape index (κ3) is 2.49. The number of fused-ring (bicyclic) bond motifs is 2. The molecule has 0 aliphatic carbocycles. The molecule has 0 saturated carbocycles. The van der Waals surface area contributed by atoms with Gasteiger partial charge < -0.3 is 21.4 Å². The molecule has 1 aromatic carbocycles. The maximum absolute atomic E-state index is 11.8. The first-order chi connectivity index (χ1) is 12.5. The zero-order chi connectivity index (χ0) is 18.4. The second kappa shape index (κ2) is 6.05. The van der Waals surface area contributed by atoms with E-state index in [9.17, 15) is 4.79 Å². The van der Waals surface area contributed by atoms with Gasteiger partial charge in [0.25, 0.3) is 0 Å². The molecule has 136 valence electrons. The number of hydrogen-bond acceptors (Lipinski definition) is 5. The molecular weight excluding hydrogens is 330 g/mol. The summed E-state index contributed by atoms with van der Waals surface area (Å²) in [5.41, 5.74) is 11.3. The van der Waals surface area contributed by atoms with Crippen molar-refractivity contribution in [1.29, 1.82) is 0 Å². The predicted octanol–water partition coefficient (Wildman–Crippen LogP) is 0.598. The van der Waals surface area contributed by atoms with Crippen LogP contribution in [0, 0.1) is 0 Å². The van der Waals surface area contributed by atoms with Crippen LogP contribution in [-0.2, 0) is 31.2 Å². The molecule has 8 heteroatoms. The Morgan fingerprint density at radius 1 is 1.27 bits per heavy atom. The second-order valence-electron chi connectivity index (χ2n) is 6.82. The lowest BCUT2D eigenvalue weighted by molar-refractivity contribution is -0.129. The molecule has 3 heterocycles. The van der Waals surface area contributed by atoms with Crippen molar-refractivity contribution in [1.82, 2.24) is 14.7 Å². The van der Waals surface area contributed by atoms with Gasteiger partial charge in [-0.2, -0.15) is 10.2 Å². The van der Waals surface area contributed by atoms with Crippen LogP contribution in [0.25, 0.3) is 0 Å². The summed E-state index contributed by atoms with van der Waals surface area (Å²) >= 11 is 0. The minimum atomic E-state index is 0.0986. The number of carbonyl (C=O) groups is 1. The molecule has 0 atom stereocenters. The standard InChI is InChI=1S/C18H23N7O/c1-11(26)24-7-6-15-14(10-24)18(22-23(15)2)25-8-5-12-3-4-13(9-16(12)25)17(19)21-20/h3-4,9H,5-8,10,20H2,1-2H3,(H2,19,21). The van der Waals surface area contributed by atoms with Gasteiger partial charge in [-0.25, -0.2) is 0 Å². The molecule has 0 unspecified atom stereocenters. The number of benzene rings is 1. The molecule has 2 aliphatic heterocycles. The zero-order valence-electron chi connectivity index (χ0n) is 15.1. The lowest BCUT2D eigenvalue weighted by atomic mass is 10.1. The summed E-state index contributed by atoms with van der Waals surface area (Å²) in [4.78, 5) is 15.9. The van der Waals surface area contributed by atoms with E-state index < -0.39 is 0 Å². The fourth-order valence-corrected chi connectivity index (χ4v) is 3.89. The number of amides is 1. The number of nitrogens with zero attached hydrogens (tertiary/aromatic N) is 5. The minimum absolute atomic E-state index is 0.0986. The van der Waals surface area contributed by atoms with Gasteiger partial charge in [-0.15, -0.1) is 0 Å². The van der Waals surface area contributed by atoms with Gasteiger partial charge in [0.05, 0.1) is 6.54 Å². The van der Waals surface area contributed by atoms with Gasteiger partial charge in [0.15, 0.2) is 5.82 Å². The summed E-state index contributed by atoms with van der Waals surface area (Å²) < 4.78 is 1.94. The van der Waals surface area contributed by atoms with Crippen LogP contribution in [0.2, 0.25) is 0 Å². The topological polar surface area (TPSA) is 106 Å². The Bertz CT molecular complexity index is 915. The summed E-state index contributed by atoms with van der Waals surface area (Å²) in [6, 6.07) is 6.03. The molecule has 0 fully saturated rings. The Morgan fingerprint density at radius 3 is 2.81 bits per heavy atom. The van der Waals surface area contributed by atoms with Crippen molar-refractivity contribution in [3.63, 3.8) is 0 Å². The number of nitrogens with two attached hydrogens (primary N) is 2. The van der Waals surface area contributed by atoms with E-state index in [0.717, 1.165) is 48.6 Å². The monoisotopic (exact) mass is 353 g/mol. The number of carbonyl (C=O) groups excluding carboxylic acids is 1. The van der Waals surface area contributed by atoms with Gasteiger partial charge in [-0.05, 0) is 18.1 Å². The van der Waals surface area contributed by atoms with Crippen LogP contribution in [0.3, 0.4) is 0 Å². The fourth-order valence-electron chi connectivity index (χ4n) is 3.89. The van der Waals surface area contributed by atoms with Crippen molar-refractivity contribution < 1.29 is 4.79 Å². The number of hydrogen-bond donors (Lipinski definition) is 2. The summed E-state index contributed by atoms with van der Waals surface area (Å²) in [6.45, 7) is 3.81. The van der Waals surface area contributed by atoms with Crippen LogP contribution in [0.15, 0.2) is 23.3 Å². The number of amidine groups is 1. The first kappa shape index (κ1) is 16.4. The van der Waals surface area contributed by atoms with E-state index in [4.69, 9.17) is 16.7 Å². The molecule has 2 aromatic rings. The summed E-state index contributed by atoms with van der Waals surface area (Å²) in [5, 5.41) is 8.38. The molecule has 4 N–H and O–H groups in total. The lowest BCUT2D eigenvalue weighted by Crippen LogP contribution is -2.35.